The molecule has 0 aliphatic rings. The topological polar surface area (TPSA) is 96.0 Å². The molecule has 0 aromatic heterocycles. The number of hydrogen-bond donors (Lipinski definition) is 1. The molecule has 0 saturated carbocycles. The van der Waals surface area contributed by atoms with Crippen LogP contribution in [0.2, 0.25) is 5.02 Å². The number of amides is 2. The number of ether oxygens (including phenoxy) is 1. The zero-order valence-corrected chi connectivity index (χ0v) is 22.6. The van der Waals surface area contributed by atoms with Crippen molar-refractivity contribution in [2.75, 3.05) is 30.8 Å². The van der Waals surface area contributed by atoms with E-state index in [4.69, 9.17) is 16.3 Å². The maximum atomic E-state index is 13.6. The Hall–Kier alpha value is -2.78. The number of carbonyl (C=O) groups excluding carboxylic acids is 2. The van der Waals surface area contributed by atoms with Crippen molar-refractivity contribution in [2.45, 2.75) is 40.3 Å². The molecule has 35 heavy (non-hydrogen) atoms. The molecule has 0 heterocycles. The monoisotopic (exact) mass is 523 g/mol. The van der Waals surface area contributed by atoms with Gasteiger partial charge in [0.25, 0.3) is 0 Å². The number of aryl methyl sites for hydroxylation is 1. The smallest absolute Gasteiger partial charge is 0.244 e. The molecule has 2 rings (SSSR count). The molecule has 192 valence electrons. The number of benzene rings is 2. The third-order valence-corrected chi connectivity index (χ3v) is 6.81. The molecular weight excluding hydrogens is 490 g/mol. The molecule has 1 N–H and O–H groups in total. The molecule has 0 aliphatic heterocycles. The minimum atomic E-state index is -3.81. The number of carbonyl (C=O) groups is 2. The van der Waals surface area contributed by atoms with Gasteiger partial charge in [0, 0.05) is 18.1 Å². The van der Waals surface area contributed by atoms with E-state index in [0.29, 0.717) is 28.6 Å². The number of hydrogen-bond acceptors (Lipinski definition) is 5. The van der Waals surface area contributed by atoms with Gasteiger partial charge in [-0.05, 0) is 61.2 Å². The normalized spacial score (nSPS) is 12.2. The summed E-state index contributed by atoms with van der Waals surface area (Å²) in [6, 6.07) is 11.1. The number of methoxy groups -OCH3 is 1. The molecule has 2 amide bonds. The van der Waals surface area contributed by atoms with E-state index in [1.807, 2.05) is 19.9 Å². The van der Waals surface area contributed by atoms with Crippen LogP contribution in [0, 0.1) is 12.8 Å². The number of anilines is 1. The standard InChI is InChI=1S/C25H34ClN3O5S/c1-17(2)14-27-25(31)19(4)28(15-20-8-7-9-22(13-20)34-5)24(30)16-29(35(6,32)33)23-11-10-21(26)12-18(23)3/h7-13,17,19H,14-16H2,1-6H3,(H,27,31)/t19-/m1/s1. The number of rotatable bonds is 11. The SMILES string of the molecule is COc1cccc(CN(C(=O)CN(c2ccc(Cl)cc2C)S(C)(=O)=O)[C@H](C)C(=O)NCC(C)C)c1. The third kappa shape index (κ3) is 8.14. The van der Waals surface area contributed by atoms with Gasteiger partial charge in [0.1, 0.15) is 18.3 Å². The van der Waals surface area contributed by atoms with Crippen molar-refractivity contribution in [3.05, 3.63) is 58.6 Å². The first-order valence-corrected chi connectivity index (χ1v) is 13.5. The van der Waals surface area contributed by atoms with Crippen LogP contribution in [0.3, 0.4) is 0 Å². The number of nitrogens with zero attached hydrogens (tertiary/aromatic N) is 2. The van der Waals surface area contributed by atoms with E-state index in [-0.39, 0.29) is 18.4 Å². The lowest BCUT2D eigenvalue weighted by atomic mass is 10.1. The van der Waals surface area contributed by atoms with E-state index in [1.165, 1.54) is 4.90 Å². The fourth-order valence-corrected chi connectivity index (χ4v) is 4.63. The Morgan fingerprint density at radius 1 is 1.11 bits per heavy atom. The first-order chi connectivity index (χ1) is 16.3. The molecule has 0 radical (unpaired) electrons. The Balaban J connectivity index is 2.41. The minimum absolute atomic E-state index is 0.101. The second kappa shape index (κ2) is 12.3. The first-order valence-electron chi connectivity index (χ1n) is 11.3. The summed E-state index contributed by atoms with van der Waals surface area (Å²) < 4.78 is 31.7. The number of halogens is 1. The molecule has 0 bridgehead atoms. The van der Waals surface area contributed by atoms with Crippen LogP contribution in [-0.4, -0.2) is 57.6 Å². The molecular formula is C25H34ClN3O5S. The average Bonchev–Trinajstić information content (AvgIpc) is 2.78. The van der Waals surface area contributed by atoms with Gasteiger partial charge in [0.15, 0.2) is 0 Å². The van der Waals surface area contributed by atoms with Crippen LogP contribution in [0.1, 0.15) is 31.9 Å². The van der Waals surface area contributed by atoms with Crippen molar-refractivity contribution < 1.29 is 22.7 Å². The van der Waals surface area contributed by atoms with Crippen LogP contribution in [0.4, 0.5) is 5.69 Å². The van der Waals surface area contributed by atoms with E-state index < -0.39 is 28.5 Å². The summed E-state index contributed by atoms with van der Waals surface area (Å²) in [5.74, 6) is 0.0203. The maximum Gasteiger partial charge on any atom is 0.244 e. The van der Waals surface area contributed by atoms with Crippen molar-refractivity contribution >= 4 is 39.1 Å². The molecule has 0 aliphatic carbocycles. The Morgan fingerprint density at radius 3 is 2.37 bits per heavy atom. The molecule has 1 atom stereocenters. The second-order valence-corrected chi connectivity index (χ2v) is 11.2. The van der Waals surface area contributed by atoms with Crippen molar-refractivity contribution in [1.82, 2.24) is 10.2 Å². The van der Waals surface area contributed by atoms with Gasteiger partial charge in [0.05, 0.1) is 19.1 Å². The molecule has 10 heteroatoms. The lowest BCUT2D eigenvalue weighted by molar-refractivity contribution is -0.139. The second-order valence-electron chi connectivity index (χ2n) is 8.89. The van der Waals surface area contributed by atoms with Gasteiger partial charge in [-0.1, -0.05) is 37.6 Å². The summed E-state index contributed by atoms with van der Waals surface area (Å²) in [5.41, 5.74) is 1.70. The van der Waals surface area contributed by atoms with Gasteiger partial charge in [0.2, 0.25) is 21.8 Å². The highest BCUT2D eigenvalue weighted by molar-refractivity contribution is 7.92. The van der Waals surface area contributed by atoms with E-state index >= 15 is 0 Å². The summed E-state index contributed by atoms with van der Waals surface area (Å²) in [6.07, 6.45) is 1.04. The van der Waals surface area contributed by atoms with Gasteiger partial charge in [-0.3, -0.25) is 13.9 Å². The lowest BCUT2D eigenvalue weighted by Crippen LogP contribution is -2.51. The fourth-order valence-electron chi connectivity index (χ4n) is 3.50. The summed E-state index contributed by atoms with van der Waals surface area (Å²) in [5, 5.41) is 3.31. The van der Waals surface area contributed by atoms with Crippen LogP contribution in [0.25, 0.3) is 0 Å². The molecule has 8 nitrogen and oxygen atoms in total. The van der Waals surface area contributed by atoms with Crippen LogP contribution in [0.15, 0.2) is 42.5 Å². The molecule has 0 saturated heterocycles. The zero-order valence-electron chi connectivity index (χ0n) is 21.0. The highest BCUT2D eigenvalue weighted by Crippen LogP contribution is 2.26. The first kappa shape index (κ1) is 28.5. The minimum Gasteiger partial charge on any atom is -0.497 e. The summed E-state index contributed by atoms with van der Waals surface area (Å²) >= 11 is 6.04. The highest BCUT2D eigenvalue weighted by atomic mass is 35.5. The predicted molar refractivity (Wildman–Crippen MR) is 139 cm³/mol. The van der Waals surface area contributed by atoms with Crippen LogP contribution in [-0.2, 0) is 26.2 Å². The highest BCUT2D eigenvalue weighted by Gasteiger charge is 2.30. The predicted octanol–water partition coefficient (Wildman–Crippen LogP) is 3.61. The van der Waals surface area contributed by atoms with Crippen LogP contribution < -0.4 is 14.4 Å². The Kier molecular flexibility index (Phi) is 9.97. The molecule has 2 aromatic carbocycles. The molecule has 0 spiro atoms. The molecule has 0 unspecified atom stereocenters. The van der Waals surface area contributed by atoms with Crippen molar-refractivity contribution in [3.63, 3.8) is 0 Å². The van der Waals surface area contributed by atoms with Crippen molar-refractivity contribution in [1.29, 1.82) is 0 Å². The van der Waals surface area contributed by atoms with E-state index in [0.717, 1.165) is 16.1 Å². The van der Waals surface area contributed by atoms with Gasteiger partial charge < -0.3 is 15.0 Å². The summed E-state index contributed by atoms with van der Waals surface area (Å²) in [7, 11) is -2.27. The zero-order chi connectivity index (χ0) is 26.3. The average molecular weight is 524 g/mol. The largest absolute Gasteiger partial charge is 0.497 e. The number of nitrogens with one attached hydrogen (secondary N) is 1. The van der Waals surface area contributed by atoms with Gasteiger partial charge in [-0.25, -0.2) is 8.42 Å². The maximum absolute atomic E-state index is 13.6. The third-order valence-electron chi connectivity index (χ3n) is 5.45. The molecule has 0 fully saturated rings. The van der Waals surface area contributed by atoms with E-state index in [9.17, 15) is 18.0 Å². The van der Waals surface area contributed by atoms with E-state index in [1.54, 1.807) is 57.4 Å². The van der Waals surface area contributed by atoms with E-state index in [2.05, 4.69) is 5.32 Å². The van der Waals surface area contributed by atoms with Crippen molar-refractivity contribution in [3.8, 4) is 5.75 Å². The Bertz CT molecular complexity index is 1150. The van der Waals surface area contributed by atoms with Crippen molar-refractivity contribution in [2.24, 2.45) is 5.92 Å². The molecule has 2 aromatic rings. The summed E-state index contributed by atoms with van der Waals surface area (Å²) in [6.45, 7) is 7.40. The Morgan fingerprint density at radius 2 is 1.80 bits per heavy atom. The number of sulfonamides is 1. The van der Waals surface area contributed by atoms with Gasteiger partial charge in [-0.15, -0.1) is 0 Å². The quantitative estimate of drug-likeness (QED) is 0.485. The fraction of sp³-hybridized carbons (Fsp3) is 0.440. The van der Waals surface area contributed by atoms with Crippen LogP contribution in [0.5, 0.6) is 5.75 Å². The summed E-state index contributed by atoms with van der Waals surface area (Å²) in [4.78, 5) is 27.8. The van der Waals surface area contributed by atoms with Gasteiger partial charge >= 0.3 is 0 Å². The Labute approximate surface area is 213 Å². The van der Waals surface area contributed by atoms with Gasteiger partial charge in [-0.2, -0.15) is 0 Å². The lowest BCUT2D eigenvalue weighted by Gasteiger charge is -2.32. The van der Waals surface area contributed by atoms with Crippen LogP contribution >= 0.6 is 11.6 Å².